The first-order chi connectivity index (χ1) is 15.7. The zero-order valence-corrected chi connectivity index (χ0v) is 17.6. The Labute approximate surface area is 187 Å². The number of aromatic hydroxyl groups is 3. The molecule has 11 heteroatoms. The number of methoxy groups -OCH3 is 2. The molecule has 0 radical (unpaired) electrons. The predicted molar refractivity (Wildman–Crippen MR) is 113 cm³/mol. The summed E-state index contributed by atoms with van der Waals surface area (Å²) in [5, 5.41) is 60.5. The molecule has 1 aliphatic heterocycles. The monoisotopic (exact) mass is 463 g/mol. The summed E-state index contributed by atoms with van der Waals surface area (Å²) in [6.45, 7) is -0.289. The van der Waals surface area contributed by atoms with Crippen molar-refractivity contribution in [2.24, 2.45) is 0 Å². The first-order valence-corrected chi connectivity index (χ1v) is 9.84. The van der Waals surface area contributed by atoms with E-state index in [4.69, 9.17) is 23.4 Å². The molecule has 1 saturated heterocycles. The van der Waals surface area contributed by atoms with Crippen molar-refractivity contribution in [3.05, 3.63) is 30.3 Å². The minimum atomic E-state index is -1.59. The molecule has 2 heterocycles. The van der Waals surface area contributed by atoms with Crippen molar-refractivity contribution in [1.29, 1.82) is 0 Å². The highest BCUT2D eigenvalue weighted by Crippen LogP contribution is 2.45. The largest absolute Gasteiger partial charge is 0.507 e. The normalized spacial score (nSPS) is 22.8. The Balaban J connectivity index is 1.89. The van der Waals surface area contributed by atoms with Gasteiger partial charge in [-0.05, 0) is 0 Å². The standard InChI is InChI=1S/C22H22O11/c1-29-15-3-9(4-16(30-2)19(15)27)21-17(33-22-20(28)18(26)13(25)8-31-22)7-11-12(24)5-10(23)6-14(11)32-21/h3-7,13,18,20,22,25-26,28H,8H2,1-2H3,(H2-,23,24,27)/p+1. The van der Waals surface area contributed by atoms with Crippen molar-refractivity contribution >= 4 is 11.0 Å². The lowest BCUT2D eigenvalue weighted by Gasteiger charge is -2.34. The summed E-state index contributed by atoms with van der Waals surface area (Å²) < 4.78 is 27.4. The maximum absolute atomic E-state index is 10.3. The van der Waals surface area contributed by atoms with Crippen LogP contribution in [0.2, 0.25) is 0 Å². The first-order valence-electron chi connectivity index (χ1n) is 9.84. The summed E-state index contributed by atoms with van der Waals surface area (Å²) in [5.41, 5.74) is 0.411. The average molecular weight is 463 g/mol. The number of phenols is 3. The molecule has 0 bridgehead atoms. The van der Waals surface area contributed by atoms with Crippen LogP contribution in [0.5, 0.6) is 34.5 Å². The molecule has 4 atom stereocenters. The van der Waals surface area contributed by atoms with Crippen LogP contribution in [0.4, 0.5) is 0 Å². The van der Waals surface area contributed by atoms with Gasteiger partial charge in [-0.25, -0.2) is 4.42 Å². The maximum atomic E-state index is 10.3. The fraction of sp³-hybridized carbons (Fsp3) is 0.318. The highest BCUT2D eigenvalue weighted by Gasteiger charge is 2.40. The van der Waals surface area contributed by atoms with Gasteiger partial charge in [0.15, 0.2) is 11.5 Å². The molecule has 0 aliphatic carbocycles. The van der Waals surface area contributed by atoms with Crippen molar-refractivity contribution in [2.75, 3.05) is 20.8 Å². The molecular weight excluding hydrogens is 440 g/mol. The van der Waals surface area contributed by atoms with Gasteiger partial charge in [0.1, 0.15) is 35.2 Å². The second-order valence-electron chi connectivity index (χ2n) is 7.41. The van der Waals surface area contributed by atoms with E-state index in [9.17, 15) is 30.6 Å². The highest BCUT2D eigenvalue weighted by molar-refractivity contribution is 5.88. The van der Waals surface area contributed by atoms with Crippen LogP contribution in [0.1, 0.15) is 0 Å². The quantitative estimate of drug-likeness (QED) is 0.302. The molecule has 6 N–H and O–H groups in total. The number of benzene rings is 2. The summed E-state index contributed by atoms with van der Waals surface area (Å²) in [7, 11) is 2.70. The molecule has 4 unspecified atom stereocenters. The molecule has 1 fully saturated rings. The second kappa shape index (κ2) is 8.79. The van der Waals surface area contributed by atoms with E-state index in [0.717, 1.165) is 6.07 Å². The van der Waals surface area contributed by atoms with Crippen molar-refractivity contribution in [3.63, 3.8) is 0 Å². The number of rotatable bonds is 5. The van der Waals surface area contributed by atoms with E-state index in [1.807, 2.05) is 0 Å². The first kappa shape index (κ1) is 22.7. The van der Waals surface area contributed by atoms with Crippen LogP contribution in [0, 0.1) is 0 Å². The van der Waals surface area contributed by atoms with Gasteiger partial charge < -0.3 is 49.6 Å². The van der Waals surface area contributed by atoms with E-state index < -0.39 is 24.6 Å². The van der Waals surface area contributed by atoms with Crippen LogP contribution in [0.3, 0.4) is 0 Å². The third-order valence-corrected chi connectivity index (χ3v) is 5.26. The van der Waals surface area contributed by atoms with Crippen LogP contribution < -0.4 is 14.2 Å². The molecule has 0 spiro atoms. The van der Waals surface area contributed by atoms with Gasteiger partial charge in [-0.1, -0.05) is 0 Å². The molecule has 1 aromatic heterocycles. The summed E-state index contributed by atoms with van der Waals surface area (Å²) in [4.78, 5) is 0. The van der Waals surface area contributed by atoms with Crippen molar-refractivity contribution in [2.45, 2.75) is 24.6 Å². The number of fused-ring (bicyclic) bond motifs is 1. The summed E-state index contributed by atoms with van der Waals surface area (Å²) in [5.74, 6) is -0.635. The number of hydrogen-bond donors (Lipinski definition) is 6. The SMILES string of the molecule is COc1cc(-c2[o+]c3cc(O)cc(O)c3cc2OC2OCC(O)C(O)C2O)cc(OC)c1O. The Morgan fingerprint density at radius 1 is 0.879 bits per heavy atom. The molecule has 176 valence electrons. The Morgan fingerprint density at radius 3 is 2.18 bits per heavy atom. The van der Waals surface area contributed by atoms with Gasteiger partial charge in [0.05, 0.1) is 32.5 Å². The zero-order valence-electron chi connectivity index (χ0n) is 17.6. The number of aliphatic hydroxyl groups is 3. The van der Waals surface area contributed by atoms with Crippen LogP contribution in [-0.2, 0) is 4.74 Å². The lowest BCUT2D eigenvalue weighted by molar-refractivity contribution is -0.242. The van der Waals surface area contributed by atoms with Crippen LogP contribution in [0.25, 0.3) is 22.3 Å². The molecule has 0 saturated carbocycles. The third-order valence-electron chi connectivity index (χ3n) is 5.26. The lowest BCUT2D eigenvalue weighted by Crippen LogP contribution is -2.54. The predicted octanol–water partition coefficient (Wildman–Crippen LogP) is 1.33. The van der Waals surface area contributed by atoms with E-state index in [1.54, 1.807) is 0 Å². The van der Waals surface area contributed by atoms with E-state index in [-0.39, 0.29) is 57.8 Å². The van der Waals surface area contributed by atoms with E-state index in [1.165, 1.54) is 38.5 Å². The van der Waals surface area contributed by atoms with Crippen molar-refractivity contribution < 1.29 is 54.0 Å². The summed E-state index contributed by atoms with van der Waals surface area (Å²) in [6, 6.07) is 6.66. The maximum Gasteiger partial charge on any atom is 0.402 e. The van der Waals surface area contributed by atoms with E-state index >= 15 is 0 Å². The topological polar surface area (TPSA) is 170 Å². The van der Waals surface area contributed by atoms with Crippen molar-refractivity contribution in [3.8, 4) is 45.8 Å². The Morgan fingerprint density at radius 2 is 1.55 bits per heavy atom. The Hall–Kier alpha value is -3.51. The smallest absolute Gasteiger partial charge is 0.402 e. The summed E-state index contributed by atoms with van der Waals surface area (Å²) in [6.07, 6.45) is -5.77. The van der Waals surface area contributed by atoms with Gasteiger partial charge in [0, 0.05) is 24.3 Å². The van der Waals surface area contributed by atoms with Crippen LogP contribution >= 0.6 is 0 Å². The van der Waals surface area contributed by atoms with Gasteiger partial charge in [0.25, 0.3) is 0 Å². The molecular formula is C22H23O11+. The van der Waals surface area contributed by atoms with Gasteiger partial charge in [-0.2, -0.15) is 0 Å². The van der Waals surface area contributed by atoms with Gasteiger partial charge in [-0.3, -0.25) is 0 Å². The number of ether oxygens (including phenoxy) is 4. The molecule has 0 amide bonds. The number of hydrogen-bond acceptors (Lipinski definition) is 10. The van der Waals surface area contributed by atoms with Gasteiger partial charge >= 0.3 is 11.3 Å². The van der Waals surface area contributed by atoms with Crippen LogP contribution in [0.15, 0.2) is 34.7 Å². The highest BCUT2D eigenvalue weighted by atomic mass is 16.7. The van der Waals surface area contributed by atoms with Gasteiger partial charge in [-0.15, -0.1) is 0 Å². The number of phenolic OH excluding ortho intramolecular Hbond substituents is 3. The minimum Gasteiger partial charge on any atom is -0.507 e. The molecule has 1 aliphatic rings. The van der Waals surface area contributed by atoms with E-state index in [2.05, 4.69) is 0 Å². The second-order valence-corrected chi connectivity index (χ2v) is 7.41. The van der Waals surface area contributed by atoms with E-state index in [0.29, 0.717) is 5.56 Å². The molecule has 33 heavy (non-hydrogen) atoms. The third kappa shape index (κ3) is 4.14. The number of aliphatic hydroxyl groups excluding tert-OH is 3. The lowest BCUT2D eigenvalue weighted by atomic mass is 10.1. The molecule has 3 aromatic rings. The Bertz CT molecular complexity index is 1150. The molecule has 4 rings (SSSR count). The summed E-state index contributed by atoms with van der Waals surface area (Å²) >= 11 is 0. The minimum absolute atomic E-state index is 0.0223. The average Bonchev–Trinajstić information content (AvgIpc) is 2.79. The van der Waals surface area contributed by atoms with Crippen molar-refractivity contribution in [1.82, 2.24) is 0 Å². The van der Waals surface area contributed by atoms with Gasteiger partial charge in [0.2, 0.25) is 17.8 Å². The molecule has 2 aromatic carbocycles. The molecule has 11 nitrogen and oxygen atoms in total. The Kier molecular flexibility index (Phi) is 6.04. The fourth-order valence-corrected chi connectivity index (χ4v) is 3.51. The van der Waals surface area contributed by atoms with Crippen LogP contribution in [-0.4, -0.2) is 76.1 Å². The zero-order chi connectivity index (χ0) is 23.9. The fourth-order valence-electron chi connectivity index (χ4n) is 3.51.